The number of H-pyrrole nitrogens is 1. The molecule has 5 nitrogen and oxygen atoms in total. The molecular formula is C22H22F2N4O. The number of nitrogens with zero attached hydrogens (tertiary/aromatic N) is 3. The molecule has 1 amide bonds. The molecule has 1 saturated heterocycles. The molecule has 1 aliphatic rings. The number of hydrogen-bond acceptors (Lipinski definition) is 3. The van der Waals surface area contributed by atoms with Gasteiger partial charge in [-0.05, 0) is 30.9 Å². The first-order valence-corrected chi connectivity index (χ1v) is 9.79. The van der Waals surface area contributed by atoms with Crippen LogP contribution in [0.2, 0.25) is 0 Å². The lowest BCUT2D eigenvalue weighted by Gasteiger charge is -2.31. The minimum atomic E-state index is -0.613. The second-order valence-corrected chi connectivity index (χ2v) is 7.32. The lowest BCUT2D eigenvalue weighted by molar-refractivity contribution is -0.132. The van der Waals surface area contributed by atoms with Crippen LogP contribution in [0, 0.1) is 11.6 Å². The number of aryl methyl sites for hydroxylation is 1. The minimum Gasteiger partial charge on any atom is -0.342 e. The predicted octanol–water partition coefficient (Wildman–Crippen LogP) is 4.09. The van der Waals surface area contributed by atoms with Gasteiger partial charge < -0.3 is 4.90 Å². The smallest absolute Gasteiger partial charge is 0.222 e. The van der Waals surface area contributed by atoms with E-state index < -0.39 is 11.6 Å². The number of aromatic amines is 1. The molecule has 2 heterocycles. The summed E-state index contributed by atoms with van der Waals surface area (Å²) in [5.41, 5.74) is 1.30. The fraction of sp³-hybridized carbons (Fsp3) is 0.318. The summed E-state index contributed by atoms with van der Waals surface area (Å²) in [4.78, 5) is 19.1. The number of hydrogen-bond donors (Lipinski definition) is 1. The summed E-state index contributed by atoms with van der Waals surface area (Å²) in [5.74, 6) is 0.283. The first kappa shape index (κ1) is 19.2. The van der Waals surface area contributed by atoms with Gasteiger partial charge >= 0.3 is 0 Å². The zero-order valence-corrected chi connectivity index (χ0v) is 15.9. The van der Waals surface area contributed by atoms with Gasteiger partial charge in [0.15, 0.2) is 5.82 Å². The molecule has 0 aliphatic carbocycles. The molecule has 1 aliphatic heterocycles. The van der Waals surface area contributed by atoms with Crippen molar-refractivity contribution in [2.24, 2.45) is 0 Å². The summed E-state index contributed by atoms with van der Waals surface area (Å²) in [6.45, 7) is 1.25. The molecule has 150 valence electrons. The number of likely N-dealkylation sites (tertiary alicyclic amines) is 1. The van der Waals surface area contributed by atoms with Crippen LogP contribution in [0.4, 0.5) is 8.78 Å². The Labute approximate surface area is 167 Å². The Balaban J connectivity index is 1.38. The molecule has 0 bridgehead atoms. The Kier molecular flexibility index (Phi) is 5.64. The van der Waals surface area contributed by atoms with E-state index in [1.807, 2.05) is 30.3 Å². The fourth-order valence-corrected chi connectivity index (χ4v) is 3.72. The van der Waals surface area contributed by atoms with Gasteiger partial charge in [-0.2, -0.15) is 5.10 Å². The van der Waals surface area contributed by atoms with Crippen molar-refractivity contribution in [3.63, 3.8) is 0 Å². The van der Waals surface area contributed by atoms with Crippen molar-refractivity contribution in [2.75, 3.05) is 13.1 Å². The highest BCUT2D eigenvalue weighted by atomic mass is 19.1. The second kappa shape index (κ2) is 8.51. The normalized spacial score (nSPS) is 16.8. The summed E-state index contributed by atoms with van der Waals surface area (Å²) in [6.07, 6.45) is 2.26. The number of nitrogens with one attached hydrogen (secondary N) is 1. The maximum absolute atomic E-state index is 13.8. The molecular weight excluding hydrogens is 374 g/mol. The SMILES string of the molecule is O=C(CCc1ccc(F)cc1F)N1CCCC(c2nc(-c3ccccc3)n[nH]2)C1. The van der Waals surface area contributed by atoms with Crippen molar-refractivity contribution in [1.82, 2.24) is 20.1 Å². The Morgan fingerprint density at radius 2 is 2.00 bits per heavy atom. The molecule has 1 unspecified atom stereocenters. The molecule has 3 aromatic rings. The van der Waals surface area contributed by atoms with Crippen LogP contribution in [0.5, 0.6) is 0 Å². The van der Waals surface area contributed by atoms with Crippen LogP contribution in [0.25, 0.3) is 11.4 Å². The average Bonchev–Trinajstić information content (AvgIpc) is 3.24. The van der Waals surface area contributed by atoms with E-state index in [1.54, 1.807) is 4.90 Å². The Morgan fingerprint density at radius 1 is 1.17 bits per heavy atom. The average molecular weight is 396 g/mol. The highest BCUT2D eigenvalue weighted by Gasteiger charge is 2.27. The number of rotatable bonds is 5. The third-order valence-corrected chi connectivity index (χ3v) is 5.32. The number of carbonyl (C=O) groups excluding carboxylic acids is 1. The van der Waals surface area contributed by atoms with E-state index in [0.717, 1.165) is 30.3 Å². The Bertz CT molecular complexity index is 989. The summed E-state index contributed by atoms with van der Waals surface area (Å²) < 4.78 is 26.8. The summed E-state index contributed by atoms with van der Waals surface area (Å²) in [7, 11) is 0. The molecule has 0 spiro atoms. The molecule has 1 N–H and O–H groups in total. The molecule has 2 aromatic carbocycles. The van der Waals surface area contributed by atoms with Crippen LogP contribution in [-0.2, 0) is 11.2 Å². The number of benzene rings is 2. The third kappa shape index (κ3) is 4.50. The number of carbonyl (C=O) groups is 1. The summed E-state index contributed by atoms with van der Waals surface area (Å²) in [6, 6.07) is 13.2. The number of aromatic nitrogens is 3. The maximum Gasteiger partial charge on any atom is 0.222 e. The predicted molar refractivity (Wildman–Crippen MR) is 105 cm³/mol. The van der Waals surface area contributed by atoms with Gasteiger partial charge in [0, 0.05) is 37.1 Å². The van der Waals surface area contributed by atoms with E-state index in [4.69, 9.17) is 0 Å². The van der Waals surface area contributed by atoms with E-state index in [9.17, 15) is 13.6 Å². The van der Waals surface area contributed by atoms with Gasteiger partial charge in [-0.1, -0.05) is 36.4 Å². The molecule has 7 heteroatoms. The van der Waals surface area contributed by atoms with E-state index in [-0.39, 0.29) is 24.7 Å². The van der Waals surface area contributed by atoms with Gasteiger partial charge in [0.2, 0.25) is 5.91 Å². The van der Waals surface area contributed by atoms with Crippen molar-refractivity contribution in [3.8, 4) is 11.4 Å². The first-order valence-electron chi connectivity index (χ1n) is 9.79. The Morgan fingerprint density at radius 3 is 2.79 bits per heavy atom. The molecule has 1 fully saturated rings. The highest BCUT2D eigenvalue weighted by Crippen LogP contribution is 2.26. The number of halogens is 2. The van der Waals surface area contributed by atoms with Crippen molar-refractivity contribution < 1.29 is 13.6 Å². The van der Waals surface area contributed by atoms with Crippen LogP contribution < -0.4 is 0 Å². The van der Waals surface area contributed by atoms with Crippen molar-refractivity contribution in [2.45, 2.75) is 31.6 Å². The molecule has 0 radical (unpaired) electrons. The van der Waals surface area contributed by atoms with Crippen LogP contribution >= 0.6 is 0 Å². The van der Waals surface area contributed by atoms with Crippen LogP contribution in [-0.4, -0.2) is 39.1 Å². The molecule has 0 saturated carbocycles. The van der Waals surface area contributed by atoms with Crippen LogP contribution in [0.3, 0.4) is 0 Å². The lowest BCUT2D eigenvalue weighted by atomic mass is 9.96. The summed E-state index contributed by atoms with van der Waals surface area (Å²) in [5, 5.41) is 7.33. The van der Waals surface area contributed by atoms with Gasteiger partial charge in [-0.3, -0.25) is 9.89 Å². The molecule has 1 atom stereocenters. The summed E-state index contributed by atoms with van der Waals surface area (Å²) >= 11 is 0. The maximum atomic E-state index is 13.8. The van der Waals surface area contributed by atoms with Crippen LogP contribution in [0.1, 0.15) is 36.6 Å². The van der Waals surface area contributed by atoms with Gasteiger partial charge in [0.05, 0.1) is 0 Å². The Hall–Kier alpha value is -3.09. The zero-order chi connectivity index (χ0) is 20.2. The van der Waals surface area contributed by atoms with Crippen molar-refractivity contribution in [3.05, 3.63) is 71.6 Å². The lowest BCUT2D eigenvalue weighted by Crippen LogP contribution is -2.39. The van der Waals surface area contributed by atoms with Crippen LogP contribution in [0.15, 0.2) is 48.5 Å². The monoisotopic (exact) mass is 396 g/mol. The largest absolute Gasteiger partial charge is 0.342 e. The standard InChI is InChI=1S/C22H22F2N4O/c23-18-10-8-15(19(24)13-18)9-11-20(29)28-12-4-7-17(14-28)22-25-21(26-27-22)16-5-2-1-3-6-16/h1-3,5-6,8,10,13,17H,4,7,9,11-12,14H2,(H,25,26,27). The van der Waals surface area contributed by atoms with Crippen molar-refractivity contribution in [1.29, 1.82) is 0 Å². The number of piperidine rings is 1. The molecule has 29 heavy (non-hydrogen) atoms. The van der Waals surface area contributed by atoms with Gasteiger partial charge in [0.25, 0.3) is 0 Å². The fourth-order valence-electron chi connectivity index (χ4n) is 3.72. The van der Waals surface area contributed by atoms with Crippen molar-refractivity contribution >= 4 is 5.91 Å². The van der Waals surface area contributed by atoms with E-state index in [0.29, 0.717) is 24.5 Å². The minimum absolute atomic E-state index is 0.0266. The second-order valence-electron chi connectivity index (χ2n) is 7.32. The van der Waals surface area contributed by atoms with E-state index in [2.05, 4.69) is 15.2 Å². The van der Waals surface area contributed by atoms with Gasteiger partial charge in [0.1, 0.15) is 17.5 Å². The molecule has 4 rings (SSSR count). The van der Waals surface area contributed by atoms with E-state index in [1.165, 1.54) is 12.1 Å². The topological polar surface area (TPSA) is 61.9 Å². The van der Waals surface area contributed by atoms with Gasteiger partial charge in [-0.15, -0.1) is 0 Å². The third-order valence-electron chi connectivity index (χ3n) is 5.32. The van der Waals surface area contributed by atoms with E-state index >= 15 is 0 Å². The van der Waals surface area contributed by atoms with Gasteiger partial charge in [-0.25, -0.2) is 13.8 Å². The molecule has 1 aromatic heterocycles. The quantitative estimate of drug-likeness (QED) is 0.707. The number of amides is 1. The highest BCUT2D eigenvalue weighted by molar-refractivity contribution is 5.76. The zero-order valence-electron chi connectivity index (χ0n) is 15.9. The first-order chi connectivity index (χ1) is 14.1.